The van der Waals surface area contributed by atoms with Gasteiger partial charge in [0.25, 0.3) is 5.56 Å². The van der Waals surface area contributed by atoms with Gasteiger partial charge in [0.15, 0.2) is 4.77 Å². The number of H-pyrrole nitrogens is 1. The maximum Gasteiger partial charge on any atom is 0.264 e. The minimum Gasteiger partial charge on any atom is -0.495 e. The molecule has 0 saturated heterocycles. The minimum atomic E-state index is -0.460. The molecule has 0 unspecified atom stereocenters. The van der Waals surface area contributed by atoms with Gasteiger partial charge in [-0.05, 0) is 37.2 Å². The van der Waals surface area contributed by atoms with Gasteiger partial charge in [-0.3, -0.25) is 19.3 Å². The van der Waals surface area contributed by atoms with Crippen LogP contribution in [0.2, 0.25) is 0 Å². The molecule has 1 aliphatic rings. The Balaban J connectivity index is 2.21. The van der Waals surface area contributed by atoms with Crippen LogP contribution in [0, 0.1) is 4.77 Å². The summed E-state index contributed by atoms with van der Waals surface area (Å²) in [6.45, 7) is 0. The first-order valence-corrected chi connectivity index (χ1v) is 7.27. The van der Waals surface area contributed by atoms with Gasteiger partial charge in [-0.25, -0.2) is 0 Å². The van der Waals surface area contributed by atoms with Crippen LogP contribution in [0.5, 0.6) is 11.6 Å². The van der Waals surface area contributed by atoms with Crippen molar-refractivity contribution in [2.24, 2.45) is 4.99 Å². The van der Waals surface area contributed by atoms with Gasteiger partial charge in [0, 0.05) is 6.21 Å². The quantitative estimate of drug-likeness (QED) is 0.669. The summed E-state index contributed by atoms with van der Waals surface area (Å²) in [4.78, 5) is 18.8. The summed E-state index contributed by atoms with van der Waals surface area (Å²) < 4.78 is 6.74. The van der Waals surface area contributed by atoms with Crippen molar-refractivity contribution in [1.82, 2.24) is 9.55 Å². The Morgan fingerprint density at radius 3 is 2.86 bits per heavy atom. The molecule has 1 aliphatic carbocycles. The summed E-state index contributed by atoms with van der Waals surface area (Å²) in [6.07, 6.45) is 3.44. The second-order valence-corrected chi connectivity index (χ2v) is 5.40. The Bertz CT molecular complexity index is 850. The zero-order valence-corrected chi connectivity index (χ0v) is 12.8. The van der Waals surface area contributed by atoms with Crippen LogP contribution in [0.1, 0.15) is 18.4 Å². The van der Waals surface area contributed by atoms with Crippen LogP contribution < -0.4 is 10.3 Å². The molecule has 0 radical (unpaired) electrons. The highest BCUT2D eigenvalue weighted by atomic mass is 32.1. The molecule has 0 amide bonds. The van der Waals surface area contributed by atoms with Gasteiger partial charge in [-0.2, -0.15) is 0 Å². The molecule has 1 aromatic carbocycles. The fourth-order valence-electron chi connectivity index (χ4n) is 2.10. The number of rotatable bonds is 4. The van der Waals surface area contributed by atoms with Crippen LogP contribution >= 0.6 is 12.2 Å². The average molecular weight is 317 g/mol. The maximum absolute atomic E-state index is 12.0. The first-order chi connectivity index (χ1) is 10.6. The number of para-hydroxylation sites is 2. The van der Waals surface area contributed by atoms with Gasteiger partial charge >= 0.3 is 0 Å². The van der Waals surface area contributed by atoms with Crippen LogP contribution in [-0.2, 0) is 0 Å². The van der Waals surface area contributed by atoms with E-state index in [9.17, 15) is 9.90 Å². The molecule has 1 heterocycles. The second kappa shape index (κ2) is 5.76. The lowest BCUT2D eigenvalue weighted by atomic mass is 10.2. The molecule has 0 aliphatic heterocycles. The van der Waals surface area contributed by atoms with Crippen LogP contribution in [-0.4, -0.2) is 34.0 Å². The van der Waals surface area contributed by atoms with Crippen LogP contribution in [0.15, 0.2) is 34.1 Å². The molecule has 1 aromatic heterocycles. The van der Waals surface area contributed by atoms with Gasteiger partial charge in [-0.1, -0.05) is 12.1 Å². The van der Waals surface area contributed by atoms with Crippen molar-refractivity contribution in [3.8, 4) is 17.3 Å². The molecule has 114 valence electrons. The summed E-state index contributed by atoms with van der Waals surface area (Å²) in [5.74, 6) is 0.286. The third-order valence-electron chi connectivity index (χ3n) is 3.41. The van der Waals surface area contributed by atoms with E-state index in [1.54, 1.807) is 18.2 Å². The smallest absolute Gasteiger partial charge is 0.264 e. The molecule has 3 rings (SSSR count). The van der Waals surface area contributed by atoms with Crippen molar-refractivity contribution >= 4 is 18.4 Å². The Kier molecular flexibility index (Phi) is 3.81. The average Bonchev–Trinajstić information content (AvgIpc) is 3.31. The first kappa shape index (κ1) is 14.5. The number of hydrogen-bond donors (Lipinski definition) is 2. The standard InChI is InChI=1S/C15H15N3O3S/c1-21-12-5-3-2-4-11(12)18-14(20)10(8-16-9-6-7-9)13(19)17-15(18)22/h2-5,8-9,20H,6-7H2,1H3,(H,17,19,22). The molecule has 0 atom stereocenters. The van der Waals surface area contributed by atoms with Gasteiger partial charge in [0.1, 0.15) is 11.3 Å². The molecular weight excluding hydrogens is 302 g/mol. The molecule has 0 bridgehead atoms. The van der Waals surface area contributed by atoms with Gasteiger partial charge in [-0.15, -0.1) is 0 Å². The second-order valence-electron chi connectivity index (χ2n) is 5.01. The number of aliphatic imine (C=N–C) groups is 1. The highest BCUT2D eigenvalue weighted by molar-refractivity contribution is 7.71. The molecular formula is C15H15N3O3S. The van der Waals surface area contributed by atoms with Crippen molar-refractivity contribution < 1.29 is 9.84 Å². The molecule has 22 heavy (non-hydrogen) atoms. The number of ether oxygens (including phenoxy) is 1. The van der Waals surface area contributed by atoms with E-state index in [4.69, 9.17) is 17.0 Å². The Hall–Kier alpha value is -2.41. The highest BCUT2D eigenvalue weighted by Crippen LogP contribution is 2.27. The summed E-state index contributed by atoms with van der Waals surface area (Å²) >= 11 is 5.17. The first-order valence-electron chi connectivity index (χ1n) is 6.86. The zero-order valence-electron chi connectivity index (χ0n) is 11.9. The van der Waals surface area contributed by atoms with Gasteiger partial charge in [0.05, 0.1) is 18.8 Å². The number of hydrogen-bond acceptors (Lipinski definition) is 5. The van der Waals surface area contributed by atoms with Crippen LogP contribution in [0.3, 0.4) is 0 Å². The van der Waals surface area contributed by atoms with E-state index in [-0.39, 0.29) is 22.3 Å². The highest BCUT2D eigenvalue weighted by Gasteiger charge is 2.20. The lowest BCUT2D eigenvalue weighted by Crippen LogP contribution is -2.18. The van der Waals surface area contributed by atoms with Crippen molar-refractivity contribution in [2.75, 3.05) is 7.11 Å². The van der Waals surface area contributed by atoms with Crippen LogP contribution in [0.25, 0.3) is 5.69 Å². The zero-order chi connectivity index (χ0) is 15.7. The van der Waals surface area contributed by atoms with E-state index in [1.807, 2.05) is 6.07 Å². The molecule has 7 heteroatoms. The van der Waals surface area contributed by atoms with E-state index < -0.39 is 5.56 Å². The lowest BCUT2D eigenvalue weighted by molar-refractivity contribution is 0.402. The maximum atomic E-state index is 12.0. The topological polar surface area (TPSA) is 79.6 Å². The van der Waals surface area contributed by atoms with E-state index >= 15 is 0 Å². The summed E-state index contributed by atoms with van der Waals surface area (Å²) in [5.41, 5.74) is 0.175. The number of aromatic amines is 1. The van der Waals surface area contributed by atoms with Crippen molar-refractivity contribution in [3.05, 3.63) is 45.0 Å². The number of methoxy groups -OCH3 is 1. The van der Waals surface area contributed by atoms with E-state index in [2.05, 4.69) is 9.98 Å². The predicted molar refractivity (Wildman–Crippen MR) is 86.1 cm³/mol. The molecule has 6 nitrogen and oxygen atoms in total. The largest absolute Gasteiger partial charge is 0.495 e. The summed E-state index contributed by atoms with van der Waals surface area (Å²) in [6, 6.07) is 7.35. The molecule has 1 saturated carbocycles. The Labute approximate surface area is 131 Å². The number of nitrogens with one attached hydrogen (secondary N) is 1. The normalized spacial score (nSPS) is 14.4. The van der Waals surface area contributed by atoms with E-state index in [1.165, 1.54) is 17.9 Å². The summed E-state index contributed by atoms with van der Waals surface area (Å²) in [5, 5.41) is 10.5. The van der Waals surface area contributed by atoms with Crippen molar-refractivity contribution in [1.29, 1.82) is 0 Å². The van der Waals surface area contributed by atoms with Crippen molar-refractivity contribution in [2.45, 2.75) is 18.9 Å². The fourth-order valence-corrected chi connectivity index (χ4v) is 2.37. The summed E-state index contributed by atoms with van der Waals surface area (Å²) in [7, 11) is 1.53. The number of aromatic hydroxyl groups is 1. The van der Waals surface area contributed by atoms with Gasteiger partial charge < -0.3 is 9.84 Å². The van der Waals surface area contributed by atoms with Gasteiger partial charge in [0.2, 0.25) is 5.88 Å². The number of aromatic nitrogens is 2. The monoisotopic (exact) mass is 317 g/mol. The SMILES string of the molecule is COc1ccccc1-n1c(O)c(C=NC2CC2)c(=O)[nH]c1=S. The third-order valence-corrected chi connectivity index (χ3v) is 3.69. The Morgan fingerprint density at radius 1 is 1.45 bits per heavy atom. The molecule has 2 N–H and O–H groups in total. The third kappa shape index (κ3) is 2.67. The van der Waals surface area contributed by atoms with E-state index in [0.717, 1.165) is 12.8 Å². The number of benzene rings is 1. The Morgan fingerprint density at radius 2 is 2.18 bits per heavy atom. The predicted octanol–water partition coefficient (Wildman–Crippen LogP) is 2.19. The molecule has 0 spiro atoms. The number of nitrogens with zero attached hydrogens (tertiary/aromatic N) is 2. The fraction of sp³-hybridized carbons (Fsp3) is 0.267. The van der Waals surface area contributed by atoms with Crippen molar-refractivity contribution in [3.63, 3.8) is 0 Å². The molecule has 1 fully saturated rings. The molecule has 2 aromatic rings. The van der Waals surface area contributed by atoms with E-state index in [0.29, 0.717) is 11.4 Å². The lowest BCUT2D eigenvalue weighted by Gasteiger charge is -2.14. The minimum absolute atomic E-state index is 0.0893. The van der Waals surface area contributed by atoms with Crippen LogP contribution in [0.4, 0.5) is 0 Å².